The predicted molar refractivity (Wildman–Crippen MR) is 106 cm³/mol. The summed E-state index contributed by atoms with van der Waals surface area (Å²) in [5.74, 6) is 0.530. The number of carbonyl (C=O) groups excluding carboxylic acids is 2. The highest BCUT2D eigenvalue weighted by atomic mass is 32.1. The molecule has 1 heterocycles. The lowest BCUT2D eigenvalue weighted by Crippen LogP contribution is -2.18. The molecule has 0 aliphatic rings. The molecule has 0 radical (unpaired) electrons. The highest BCUT2D eigenvalue weighted by Crippen LogP contribution is 2.33. The summed E-state index contributed by atoms with van der Waals surface area (Å²) in [6.45, 7) is 8.83. The number of nitrogens with two attached hydrogens (primary N) is 1. The van der Waals surface area contributed by atoms with Gasteiger partial charge in [-0.3, -0.25) is 9.59 Å². The summed E-state index contributed by atoms with van der Waals surface area (Å²) in [6.07, 6.45) is 1.68. The van der Waals surface area contributed by atoms with E-state index in [2.05, 4.69) is 19.2 Å². The van der Waals surface area contributed by atoms with E-state index in [9.17, 15) is 9.59 Å². The van der Waals surface area contributed by atoms with Gasteiger partial charge in [0.15, 0.2) is 0 Å². The van der Waals surface area contributed by atoms with Gasteiger partial charge in [0.1, 0.15) is 10.8 Å². The summed E-state index contributed by atoms with van der Waals surface area (Å²) in [6, 6.07) is 6.99. The Labute approximate surface area is 158 Å². The van der Waals surface area contributed by atoms with E-state index in [4.69, 9.17) is 10.5 Å². The third kappa shape index (κ3) is 4.85. The number of hydrogen-bond donors (Lipinski definition) is 2. The molecule has 0 saturated carbocycles. The number of carbonyl (C=O) groups is 2. The molecule has 2 rings (SSSR count). The monoisotopic (exact) mass is 374 g/mol. The molecular weight excluding hydrogens is 348 g/mol. The first-order valence-corrected chi connectivity index (χ1v) is 9.61. The van der Waals surface area contributed by atoms with Crippen molar-refractivity contribution in [1.82, 2.24) is 0 Å². The number of primary amides is 1. The number of aryl methyl sites for hydroxylation is 1. The average Bonchev–Trinajstić information content (AvgIpc) is 2.90. The average molecular weight is 375 g/mol. The fourth-order valence-corrected chi connectivity index (χ4v) is 3.79. The van der Waals surface area contributed by atoms with Crippen LogP contribution in [0.15, 0.2) is 24.3 Å². The molecule has 1 aromatic carbocycles. The van der Waals surface area contributed by atoms with Crippen LogP contribution in [0.2, 0.25) is 0 Å². The van der Waals surface area contributed by atoms with Crippen molar-refractivity contribution in [1.29, 1.82) is 0 Å². The molecule has 0 fully saturated rings. The van der Waals surface area contributed by atoms with Gasteiger partial charge in [0.2, 0.25) is 0 Å². The molecule has 5 nitrogen and oxygen atoms in total. The molecular formula is C20H26N2O3S. The lowest BCUT2D eigenvalue weighted by Gasteiger charge is -2.09. The van der Waals surface area contributed by atoms with Crippen LogP contribution >= 0.6 is 11.3 Å². The summed E-state index contributed by atoms with van der Waals surface area (Å²) in [5.41, 5.74) is 7.32. The molecule has 0 aliphatic heterocycles. The van der Waals surface area contributed by atoms with Crippen molar-refractivity contribution in [2.24, 2.45) is 11.7 Å². The van der Waals surface area contributed by atoms with E-state index >= 15 is 0 Å². The van der Waals surface area contributed by atoms with E-state index in [0.29, 0.717) is 35.1 Å². The summed E-state index contributed by atoms with van der Waals surface area (Å²) in [5, 5.41) is 3.33. The topological polar surface area (TPSA) is 81.4 Å². The normalized spacial score (nSPS) is 10.8. The van der Waals surface area contributed by atoms with E-state index < -0.39 is 5.91 Å². The summed E-state index contributed by atoms with van der Waals surface area (Å²) >= 11 is 1.38. The van der Waals surface area contributed by atoms with E-state index in [1.54, 1.807) is 24.3 Å². The zero-order valence-electron chi connectivity index (χ0n) is 15.7. The molecule has 0 atom stereocenters. The number of ether oxygens (including phenoxy) is 1. The minimum Gasteiger partial charge on any atom is -0.494 e. The number of rotatable bonds is 8. The molecule has 2 amide bonds. The van der Waals surface area contributed by atoms with E-state index in [1.807, 2.05) is 13.8 Å². The van der Waals surface area contributed by atoms with Crippen LogP contribution in [0.3, 0.4) is 0 Å². The van der Waals surface area contributed by atoms with Crippen LogP contribution in [0, 0.1) is 12.8 Å². The van der Waals surface area contributed by atoms with Gasteiger partial charge >= 0.3 is 0 Å². The first-order valence-electron chi connectivity index (χ1n) is 8.79. The first-order chi connectivity index (χ1) is 12.3. The van der Waals surface area contributed by atoms with Gasteiger partial charge in [0.25, 0.3) is 11.8 Å². The Kier molecular flexibility index (Phi) is 6.80. The van der Waals surface area contributed by atoms with Crippen molar-refractivity contribution in [3.63, 3.8) is 0 Å². The minimum atomic E-state index is -0.518. The SMILES string of the molecule is CCc1c(C)sc(NC(=O)c2ccc(OCCC(C)C)cc2)c1C(N)=O. The Morgan fingerprint density at radius 2 is 1.88 bits per heavy atom. The lowest BCUT2D eigenvalue weighted by atomic mass is 10.1. The number of thiophene rings is 1. The standard InChI is InChI=1S/C20H26N2O3S/c1-5-16-13(4)26-20(17(16)18(21)23)22-19(24)14-6-8-15(9-7-14)25-11-10-12(2)3/h6-9,12H,5,10-11H2,1-4H3,(H2,21,23)(H,22,24). The van der Waals surface area contributed by atoms with Gasteiger partial charge in [-0.2, -0.15) is 0 Å². The number of hydrogen-bond acceptors (Lipinski definition) is 4. The predicted octanol–water partition coefficient (Wildman–Crippen LogP) is 4.40. The molecule has 0 spiro atoms. The molecule has 1 aromatic heterocycles. The maximum Gasteiger partial charge on any atom is 0.256 e. The van der Waals surface area contributed by atoms with E-state index in [1.165, 1.54) is 11.3 Å². The van der Waals surface area contributed by atoms with Crippen molar-refractivity contribution in [2.45, 2.75) is 40.5 Å². The van der Waals surface area contributed by atoms with Crippen LogP contribution in [0.4, 0.5) is 5.00 Å². The first kappa shape index (κ1) is 20.0. The third-order valence-electron chi connectivity index (χ3n) is 4.12. The molecule has 3 N–H and O–H groups in total. The van der Waals surface area contributed by atoms with Gasteiger partial charge in [-0.05, 0) is 55.5 Å². The summed E-state index contributed by atoms with van der Waals surface area (Å²) < 4.78 is 5.66. The second-order valence-electron chi connectivity index (χ2n) is 6.57. The fourth-order valence-electron chi connectivity index (χ4n) is 2.64. The molecule has 6 heteroatoms. The van der Waals surface area contributed by atoms with Crippen LogP contribution in [-0.4, -0.2) is 18.4 Å². The van der Waals surface area contributed by atoms with Crippen molar-refractivity contribution in [2.75, 3.05) is 11.9 Å². The van der Waals surface area contributed by atoms with Gasteiger partial charge in [0, 0.05) is 10.4 Å². The second-order valence-corrected chi connectivity index (χ2v) is 7.79. The molecule has 0 saturated heterocycles. The summed E-state index contributed by atoms with van der Waals surface area (Å²) in [7, 11) is 0. The Morgan fingerprint density at radius 3 is 2.42 bits per heavy atom. The smallest absolute Gasteiger partial charge is 0.256 e. The minimum absolute atomic E-state index is 0.273. The number of nitrogens with one attached hydrogen (secondary N) is 1. The van der Waals surface area contributed by atoms with Crippen LogP contribution in [0.25, 0.3) is 0 Å². The van der Waals surface area contributed by atoms with E-state index in [0.717, 1.165) is 22.6 Å². The zero-order chi connectivity index (χ0) is 19.3. The molecule has 26 heavy (non-hydrogen) atoms. The number of amides is 2. The highest BCUT2D eigenvalue weighted by Gasteiger charge is 2.20. The van der Waals surface area contributed by atoms with Crippen LogP contribution in [0.1, 0.15) is 58.3 Å². The van der Waals surface area contributed by atoms with Gasteiger partial charge in [-0.25, -0.2) is 0 Å². The molecule has 0 aliphatic carbocycles. The Balaban J connectivity index is 2.10. The van der Waals surface area contributed by atoms with Crippen LogP contribution in [0.5, 0.6) is 5.75 Å². The largest absolute Gasteiger partial charge is 0.494 e. The van der Waals surface area contributed by atoms with Gasteiger partial charge in [0.05, 0.1) is 12.2 Å². The highest BCUT2D eigenvalue weighted by molar-refractivity contribution is 7.16. The molecule has 2 aromatic rings. The van der Waals surface area contributed by atoms with E-state index in [-0.39, 0.29) is 5.91 Å². The molecule has 0 bridgehead atoms. The van der Waals surface area contributed by atoms with Crippen LogP contribution in [-0.2, 0) is 6.42 Å². The van der Waals surface area contributed by atoms with Crippen molar-refractivity contribution in [3.8, 4) is 5.75 Å². The van der Waals surface area contributed by atoms with Crippen molar-refractivity contribution < 1.29 is 14.3 Å². The van der Waals surface area contributed by atoms with Gasteiger partial charge in [-0.15, -0.1) is 11.3 Å². The Bertz CT molecular complexity index is 779. The molecule has 140 valence electrons. The maximum atomic E-state index is 12.5. The lowest BCUT2D eigenvalue weighted by molar-refractivity contribution is 0.100. The zero-order valence-corrected chi connectivity index (χ0v) is 16.5. The van der Waals surface area contributed by atoms with Crippen LogP contribution < -0.4 is 15.8 Å². The quantitative estimate of drug-likeness (QED) is 0.719. The van der Waals surface area contributed by atoms with Crippen molar-refractivity contribution >= 4 is 28.2 Å². The Hall–Kier alpha value is -2.34. The van der Waals surface area contributed by atoms with Gasteiger partial charge < -0.3 is 15.8 Å². The fraction of sp³-hybridized carbons (Fsp3) is 0.400. The summed E-state index contributed by atoms with van der Waals surface area (Å²) in [4.78, 5) is 25.3. The molecule has 0 unspecified atom stereocenters. The third-order valence-corrected chi connectivity index (χ3v) is 5.18. The maximum absolute atomic E-state index is 12.5. The second kappa shape index (κ2) is 8.85. The Morgan fingerprint density at radius 1 is 1.23 bits per heavy atom. The number of anilines is 1. The van der Waals surface area contributed by atoms with Crippen molar-refractivity contribution in [3.05, 3.63) is 45.8 Å². The number of benzene rings is 1. The van der Waals surface area contributed by atoms with Gasteiger partial charge in [-0.1, -0.05) is 20.8 Å².